The summed E-state index contributed by atoms with van der Waals surface area (Å²) in [5.74, 6) is 2.73. The first-order valence-electron chi connectivity index (χ1n) is 7.21. The summed E-state index contributed by atoms with van der Waals surface area (Å²) in [4.78, 5) is 9.06. The third-order valence-electron chi connectivity index (χ3n) is 4.76. The van der Waals surface area contributed by atoms with E-state index in [0.29, 0.717) is 16.9 Å². The van der Waals surface area contributed by atoms with Crippen LogP contribution in [0.25, 0.3) is 0 Å². The van der Waals surface area contributed by atoms with Crippen molar-refractivity contribution in [2.24, 2.45) is 10.8 Å². The van der Waals surface area contributed by atoms with Crippen molar-refractivity contribution in [3.63, 3.8) is 0 Å². The maximum Gasteiger partial charge on any atom is 0.132 e. The predicted molar refractivity (Wildman–Crippen MR) is 80.5 cm³/mol. The molecule has 1 saturated carbocycles. The van der Waals surface area contributed by atoms with Crippen LogP contribution in [0.1, 0.15) is 47.4 Å². The molecule has 0 spiro atoms. The summed E-state index contributed by atoms with van der Waals surface area (Å²) in [7, 11) is 0. The van der Waals surface area contributed by atoms with Gasteiger partial charge in [-0.25, -0.2) is 9.97 Å². The fourth-order valence-electron chi connectivity index (χ4n) is 2.71. The Labute approximate surface area is 116 Å². The van der Waals surface area contributed by atoms with Gasteiger partial charge in [-0.2, -0.15) is 0 Å². The van der Waals surface area contributed by atoms with Crippen molar-refractivity contribution in [3.8, 4) is 0 Å². The molecule has 0 unspecified atom stereocenters. The van der Waals surface area contributed by atoms with Crippen molar-refractivity contribution in [2.45, 2.75) is 54.0 Å². The van der Waals surface area contributed by atoms with Gasteiger partial charge in [-0.05, 0) is 17.8 Å². The molecule has 0 atom stereocenters. The maximum atomic E-state index is 4.58. The van der Waals surface area contributed by atoms with Gasteiger partial charge in [-0.3, -0.25) is 0 Å². The van der Waals surface area contributed by atoms with Crippen LogP contribution in [0.4, 0.5) is 11.6 Å². The fourth-order valence-corrected chi connectivity index (χ4v) is 2.71. The number of nitrogens with zero attached hydrogens (tertiary/aromatic N) is 2. The molecule has 0 radical (unpaired) electrons. The van der Waals surface area contributed by atoms with Gasteiger partial charge in [0.1, 0.15) is 17.5 Å². The average molecular weight is 262 g/mol. The molecule has 1 aromatic rings. The normalized spacial score (nSPS) is 20.1. The zero-order chi connectivity index (χ0) is 14.3. The van der Waals surface area contributed by atoms with Gasteiger partial charge in [-0.15, -0.1) is 0 Å². The molecule has 2 rings (SSSR count). The van der Waals surface area contributed by atoms with E-state index >= 15 is 0 Å². The first kappa shape index (κ1) is 14.1. The Bertz CT molecular complexity index is 451. The van der Waals surface area contributed by atoms with E-state index in [-0.39, 0.29) is 0 Å². The van der Waals surface area contributed by atoms with Crippen LogP contribution < -0.4 is 10.6 Å². The number of aryl methyl sites for hydroxylation is 1. The summed E-state index contributed by atoms with van der Waals surface area (Å²) in [5.41, 5.74) is 0.616. The first-order chi connectivity index (χ1) is 8.82. The number of anilines is 2. The van der Waals surface area contributed by atoms with Crippen LogP contribution in [-0.4, -0.2) is 22.6 Å². The van der Waals surface area contributed by atoms with E-state index in [1.165, 1.54) is 0 Å². The van der Waals surface area contributed by atoms with Gasteiger partial charge >= 0.3 is 0 Å². The fraction of sp³-hybridized carbons (Fsp3) is 0.733. The average Bonchev–Trinajstić information content (AvgIpc) is 2.72. The molecule has 106 valence electrons. The molecule has 4 heteroatoms. The van der Waals surface area contributed by atoms with Crippen LogP contribution in [0.3, 0.4) is 0 Å². The molecule has 0 saturated heterocycles. The third kappa shape index (κ3) is 2.40. The van der Waals surface area contributed by atoms with E-state index in [9.17, 15) is 0 Å². The number of hydrogen-bond acceptors (Lipinski definition) is 4. The minimum absolute atomic E-state index is 0.308. The second-order valence-electron chi connectivity index (χ2n) is 6.46. The van der Waals surface area contributed by atoms with Crippen LogP contribution in [0.15, 0.2) is 6.07 Å². The SMILES string of the molecule is CCNc1cc(NC2C(C)(C)C2(C)C)nc(CC)n1. The van der Waals surface area contributed by atoms with E-state index in [1.54, 1.807) is 0 Å². The Balaban J connectivity index is 2.19. The lowest BCUT2D eigenvalue weighted by molar-refractivity contribution is 0.457. The summed E-state index contributed by atoms with van der Waals surface area (Å²) in [6, 6.07) is 2.47. The Morgan fingerprint density at radius 2 is 1.63 bits per heavy atom. The lowest BCUT2D eigenvalue weighted by Gasteiger charge is -2.11. The molecule has 4 nitrogen and oxygen atoms in total. The Kier molecular flexibility index (Phi) is 3.45. The predicted octanol–water partition coefficient (Wildman–Crippen LogP) is 3.32. The van der Waals surface area contributed by atoms with Gasteiger partial charge < -0.3 is 10.6 Å². The van der Waals surface area contributed by atoms with Crippen LogP contribution in [0, 0.1) is 10.8 Å². The minimum Gasteiger partial charge on any atom is -0.370 e. The first-order valence-corrected chi connectivity index (χ1v) is 7.21. The van der Waals surface area contributed by atoms with Crippen LogP contribution in [-0.2, 0) is 6.42 Å². The Morgan fingerprint density at radius 1 is 1.05 bits per heavy atom. The topological polar surface area (TPSA) is 49.8 Å². The van der Waals surface area contributed by atoms with Gasteiger partial charge in [0, 0.05) is 25.1 Å². The van der Waals surface area contributed by atoms with Crippen LogP contribution in [0.5, 0.6) is 0 Å². The molecular formula is C15H26N4. The lowest BCUT2D eigenvalue weighted by atomic mass is 10.0. The highest BCUT2D eigenvalue weighted by Crippen LogP contribution is 2.63. The van der Waals surface area contributed by atoms with Crippen molar-refractivity contribution in [1.82, 2.24) is 9.97 Å². The van der Waals surface area contributed by atoms with E-state index in [4.69, 9.17) is 0 Å². The highest BCUT2D eigenvalue weighted by molar-refractivity contribution is 5.50. The molecule has 19 heavy (non-hydrogen) atoms. The van der Waals surface area contributed by atoms with Gasteiger partial charge in [-0.1, -0.05) is 34.6 Å². The van der Waals surface area contributed by atoms with Gasteiger partial charge in [0.25, 0.3) is 0 Å². The summed E-state index contributed by atoms with van der Waals surface area (Å²) in [6.07, 6.45) is 0.853. The van der Waals surface area contributed by atoms with Gasteiger partial charge in [0.15, 0.2) is 0 Å². The highest BCUT2D eigenvalue weighted by atomic mass is 15.1. The number of nitrogens with one attached hydrogen (secondary N) is 2. The van der Waals surface area contributed by atoms with E-state index in [0.717, 1.165) is 30.4 Å². The van der Waals surface area contributed by atoms with Gasteiger partial charge in [0.05, 0.1) is 0 Å². The smallest absolute Gasteiger partial charge is 0.132 e. The van der Waals surface area contributed by atoms with E-state index in [1.807, 2.05) is 6.07 Å². The number of hydrogen-bond donors (Lipinski definition) is 2. The quantitative estimate of drug-likeness (QED) is 0.854. The molecule has 0 aromatic carbocycles. The lowest BCUT2D eigenvalue weighted by Crippen LogP contribution is -2.13. The molecule has 2 N–H and O–H groups in total. The maximum absolute atomic E-state index is 4.58. The molecule has 0 aliphatic heterocycles. The molecule has 1 heterocycles. The van der Waals surface area contributed by atoms with Crippen molar-refractivity contribution < 1.29 is 0 Å². The zero-order valence-electron chi connectivity index (χ0n) is 13.0. The van der Waals surface area contributed by atoms with Crippen molar-refractivity contribution >= 4 is 11.6 Å². The van der Waals surface area contributed by atoms with Gasteiger partial charge in [0.2, 0.25) is 0 Å². The largest absolute Gasteiger partial charge is 0.370 e. The third-order valence-corrected chi connectivity index (χ3v) is 4.76. The monoisotopic (exact) mass is 262 g/mol. The summed E-state index contributed by atoms with van der Waals surface area (Å²) in [6.45, 7) is 14.2. The Morgan fingerprint density at radius 3 is 2.11 bits per heavy atom. The summed E-state index contributed by atoms with van der Waals surface area (Å²) in [5, 5.41) is 6.85. The molecule has 0 bridgehead atoms. The van der Waals surface area contributed by atoms with E-state index < -0.39 is 0 Å². The zero-order valence-corrected chi connectivity index (χ0v) is 13.0. The van der Waals surface area contributed by atoms with Crippen molar-refractivity contribution in [1.29, 1.82) is 0 Å². The molecule has 1 fully saturated rings. The summed E-state index contributed by atoms with van der Waals surface area (Å²) < 4.78 is 0. The Hall–Kier alpha value is -1.32. The van der Waals surface area contributed by atoms with E-state index in [2.05, 4.69) is 62.1 Å². The molecule has 1 aromatic heterocycles. The standard InChI is InChI=1S/C15H26N4/c1-7-10-17-11(16-8-2)9-12(18-10)19-13-14(3,4)15(13,5)6/h9,13H,7-8H2,1-6H3,(H2,16,17,18,19). The number of rotatable bonds is 5. The molecule has 1 aliphatic carbocycles. The van der Waals surface area contributed by atoms with Crippen LogP contribution >= 0.6 is 0 Å². The van der Waals surface area contributed by atoms with Crippen LogP contribution in [0.2, 0.25) is 0 Å². The summed E-state index contributed by atoms with van der Waals surface area (Å²) >= 11 is 0. The van der Waals surface area contributed by atoms with Crippen molar-refractivity contribution in [2.75, 3.05) is 17.2 Å². The molecular weight excluding hydrogens is 236 g/mol. The highest BCUT2D eigenvalue weighted by Gasteiger charge is 2.65. The second kappa shape index (κ2) is 4.66. The second-order valence-corrected chi connectivity index (χ2v) is 6.46. The minimum atomic E-state index is 0.308. The van der Waals surface area contributed by atoms with Crippen molar-refractivity contribution in [3.05, 3.63) is 11.9 Å². The molecule has 1 aliphatic rings. The molecule has 0 amide bonds. The number of aromatic nitrogens is 2.